The van der Waals surface area contributed by atoms with Crippen LogP contribution in [0.3, 0.4) is 0 Å². The quantitative estimate of drug-likeness (QED) is 0.0699. The molecule has 13 nitrogen and oxygen atoms in total. The van der Waals surface area contributed by atoms with Gasteiger partial charge >= 0.3 is 12.1 Å². The van der Waals surface area contributed by atoms with Crippen LogP contribution in [0.2, 0.25) is 5.02 Å². The highest BCUT2D eigenvalue weighted by Gasteiger charge is 2.49. The average molecular weight is 797 g/mol. The summed E-state index contributed by atoms with van der Waals surface area (Å²) in [6.45, 7) is 1.12. The Morgan fingerprint density at radius 1 is 1.09 bits per heavy atom. The number of nitrogens with zero attached hydrogens (tertiary/aromatic N) is 1. The number of phenols is 1. The average Bonchev–Trinajstić information content (AvgIpc) is 3.90. The van der Waals surface area contributed by atoms with Crippen LogP contribution in [0, 0.1) is 5.92 Å². The zero-order chi connectivity index (χ0) is 39.3. The van der Waals surface area contributed by atoms with Crippen LogP contribution >= 0.6 is 22.9 Å². The van der Waals surface area contributed by atoms with Crippen molar-refractivity contribution in [2.75, 3.05) is 39.2 Å². The van der Waals surface area contributed by atoms with Crippen LogP contribution in [-0.4, -0.2) is 82.3 Å². The number of fused-ring (bicyclic) bond motifs is 1. The number of aromatic amines is 1. The van der Waals surface area contributed by atoms with Gasteiger partial charge in [0.25, 0.3) is 0 Å². The lowest BCUT2D eigenvalue weighted by molar-refractivity contribution is -0.166. The number of hydrogen-bond donors (Lipinski definition) is 7. The SMILES string of the molecule is COc1cc(NC(=O)OCCN(C)[C@H]2CC[C@H](c3ccsc3[C@@](O)(C(=O)O)C3CCCC3)CC2)c(Cl)cc1CNC[C@H](O)c1ccc(O)c2[nH]c(=O)ccc12. The van der Waals surface area contributed by atoms with Gasteiger partial charge in [-0.3, -0.25) is 10.1 Å². The van der Waals surface area contributed by atoms with Gasteiger partial charge in [0.15, 0.2) is 5.60 Å². The molecule has 0 aliphatic heterocycles. The molecule has 2 aliphatic carbocycles. The first-order chi connectivity index (χ1) is 26.4. The number of pyridine rings is 1. The highest BCUT2D eigenvalue weighted by Crippen LogP contribution is 2.48. The number of aromatic nitrogens is 1. The largest absolute Gasteiger partial charge is 0.506 e. The van der Waals surface area contributed by atoms with E-state index in [4.69, 9.17) is 21.1 Å². The van der Waals surface area contributed by atoms with E-state index in [1.807, 2.05) is 18.5 Å². The van der Waals surface area contributed by atoms with Gasteiger partial charge in [0.05, 0.1) is 34.3 Å². The topological polar surface area (TPSA) is 194 Å². The number of carbonyl (C=O) groups is 2. The summed E-state index contributed by atoms with van der Waals surface area (Å²) in [5.74, 6) is -0.842. The fraction of sp³-hybridized carbons (Fsp3) is 0.475. The Morgan fingerprint density at radius 3 is 2.55 bits per heavy atom. The van der Waals surface area contributed by atoms with E-state index < -0.39 is 23.8 Å². The minimum absolute atomic E-state index is 0.0878. The van der Waals surface area contributed by atoms with Crippen LogP contribution in [0.1, 0.15) is 85.0 Å². The number of thiophene rings is 1. The number of benzene rings is 2. The minimum Gasteiger partial charge on any atom is -0.506 e. The summed E-state index contributed by atoms with van der Waals surface area (Å²) in [6.07, 6.45) is 5.31. The predicted molar refractivity (Wildman–Crippen MR) is 211 cm³/mol. The van der Waals surface area contributed by atoms with E-state index in [9.17, 15) is 34.8 Å². The number of amides is 1. The summed E-state index contributed by atoms with van der Waals surface area (Å²) in [4.78, 5) is 42.3. The Morgan fingerprint density at radius 2 is 1.84 bits per heavy atom. The number of aromatic hydroxyl groups is 1. The number of halogens is 1. The molecule has 0 unspecified atom stereocenters. The van der Waals surface area contributed by atoms with Crippen LogP contribution in [0.5, 0.6) is 11.5 Å². The van der Waals surface area contributed by atoms with Gasteiger partial charge in [0, 0.05) is 54.7 Å². The molecule has 2 fully saturated rings. The number of ether oxygens (including phenoxy) is 2. The van der Waals surface area contributed by atoms with Crippen LogP contribution in [0.25, 0.3) is 10.9 Å². The highest BCUT2D eigenvalue weighted by molar-refractivity contribution is 7.10. The molecule has 0 bridgehead atoms. The Bertz CT molecular complexity index is 2040. The summed E-state index contributed by atoms with van der Waals surface area (Å²) in [7, 11) is 3.51. The first-order valence-electron chi connectivity index (χ1n) is 18.7. The van der Waals surface area contributed by atoms with Gasteiger partial charge in [0.2, 0.25) is 5.56 Å². The van der Waals surface area contributed by atoms with E-state index in [0.29, 0.717) is 39.4 Å². The lowest BCUT2D eigenvalue weighted by Gasteiger charge is -2.36. The van der Waals surface area contributed by atoms with Crippen molar-refractivity contribution in [3.8, 4) is 11.5 Å². The molecule has 2 aliphatic rings. The number of carbonyl (C=O) groups excluding carboxylic acids is 1. The van der Waals surface area contributed by atoms with Gasteiger partial charge < -0.3 is 45.1 Å². The van der Waals surface area contributed by atoms with E-state index in [1.165, 1.54) is 30.6 Å². The predicted octanol–water partition coefficient (Wildman–Crippen LogP) is 6.45. The fourth-order valence-corrected chi connectivity index (χ4v) is 9.60. The number of phenolic OH excluding ortho intramolecular Hbond substituents is 1. The Balaban J connectivity index is 0.961. The molecule has 55 heavy (non-hydrogen) atoms. The second kappa shape index (κ2) is 17.7. The molecule has 296 valence electrons. The third kappa shape index (κ3) is 8.95. The molecule has 7 N–H and O–H groups in total. The molecular formula is C40H49ClN4O9S. The molecule has 2 atom stereocenters. The van der Waals surface area contributed by atoms with Crippen molar-refractivity contribution in [3.05, 3.63) is 84.8 Å². The van der Waals surface area contributed by atoms with Gasteiger partial charge in [0.1, 0.15) is 18.1 Å². The summed E-state index contributed by atoms with van der Waals surface area (Å²) < 4.78 is 11.1. The zero-order valence-corrected chi connectivity index (χ0v) is 32.5. The number of methoxy groups -OCH3 is 1. The van der Waals surface area contributed by atoms with Gasteiger partial charge in [-0.15, -0.1) is 11.3 Å². The van der Waals surface area contributed by atoms with E-state index in [2.05, 4.69) is 20.5 Å². The standard InChI is InChI=1S/C40H49ClN4O9S/c1-45(26-9-7-23(8-10-26)27-15-18-55-37(27)40(52,38(49)50)25-5-3-4-6-25)16-17-54-39(51)43-31-20-34(53-2)24(19-30(31)41)21-42-22-33(47)28-11-13-32(46)36-29(28)12-14-35(48)44-36/h11-15,18-20,23,25-26,33,42,46-47,52H,3-10,16-17,21-22H2,1-2H3,(H,43,51)(H,44,48)(H,49,50)/t23-,26-,33-,40+/m0/s1. The summed E-state index contributed by atoms with van der Waals surface area (Å²) >= 11 is 7.90. The first kappa shape index (κ1) is 40.5. The van der Waals surface area contributed by atoms with Crippen molar-refractivity contribution in [1.82, 2.24) is 15.2 Å². The van der Waals surface area contributed by atoms with E-state index in [1.54, 1.807) is 24.3 Å². The lowest BCUT2D eigenvalue weighted by atomic mass is 9.76. The zero-order valence-electron chi connectivity index (χ0n) is 31.0. The number of rotatable bonds is 15. The fourth-order valence-electron chi connectivity index (χ4n) is 8.21. The van der Waals surface area contributed by atoms with Gasteiger partial charge in [-0.25, -0.2) is 9.59 Å². The van der Waals surface area contributed by atoms with Crippen molar-refractivity contribution >= 4 is 51.6 Å². The summed E-state index contributed by atoms with van der Waals surface area (Å²) in [5, 5.41) is 51.3. The smallest absolute Gasteiger partial charge is 0.411 e. The Kier molecular flexibility index (Phi) is 13.1. The third-order valence-electron chi connectivity index (χ3n) is 11.3. The molecular weight excluding hydrogens is 748 g/mol. The molecule has 4 aromatic rings. The van der Waals surface area contributed by atoms with Crippen molar-refractivity contribution < 1.29 is 39.5 Å². The molecule has 2 saturated carbocycles. The van der Waals surface area contributed by atoms with Crippen molar-refractivity contribution in [2.45, 2.75) is 81.6 Å². The molecule has 0 spiro atoms. The number of hydrogen-bond acceptors (Lipinski definition) is 11. The van der Waals surface area contributed by atoms with Crippen molar-refractivity contribution in [1.29, 1.82) is 0 Å². The van der Waals surface area contributed by atoms with Crippen LogP contribution in [-0.2, 0) is 21.7 Å². The number of aliphatic hydroxyl groups excluding tert-OH is 1. The minimum atomic E-state index is -1.83. The maximum absolute atomic E-state index is 12.8. The molecule has 1 amide bonds. The van der Waals surface area contributed by atoms with Crippen molar-refractivity contribution in [3.63, 3.8) is 0 Å². The molecule has 2 aromatic heterocycles. The van der Waals surface area contributed by atoms with E-state index >= 15 is 0 Å². The molecule has 0 saturated heterocycles. The monoisotopic (exact) mass is 796 g/mol. The summed E-state index contributed by atoms with van der Waals surface area (Å²) in [6, 6.07) is 11.5. The van der Waals surface area contributed by atoms with Crippen molar-refractivity contribution in [2.24, 2.45) is 5.92 Å². The normalized spacial score (nSPS) is 19.3. The molecule has 15 heteroatoms. The maximum Gasteiger partial charge on any atom is 0.411 e. The highest BCUT2D eigenvalue weighted by atomic mass is 35.5. The van der Waals surface area contributed by atoms with Crippen LogP contribution in [0.15, 0.2) is 52.6 Å². The Labute approximate surface area is 328 Å². The number of aliphatic hydroxyl groups is 2. The second-order valence-electron chi connectivity index (χ2n) is 14.6. The molecule has 2 aromatic carbocycles. The lowest BCUT2D eigenvalue weighted by Crippen LogP contribution is -2.42. The number of likely N-dealkylation sites (N-methyl/N-ethyl adjacent to an activating group) is 1. The third-order valence-corrected chi connectivity index (χ3v) is 12.6. The van der Waals surface area contributed by atoms with E-state index in [-0.39, 0.29) is 59.4 Å². The molecule has 6 rings (SSSR count). The molecule has 0 radical (unpaired) electrons. The molecule has 2 heterocycles. The second-order valence-corrected chi connectivity index (χ2v) is 15.9. The van der Waals surface area contributed by atoms with Gasteiger partial charge in [-0.1, -0.05) is 30.5 Å². The van der Waals surface area contributed by atoms with Crippen LogP contribution in [0.4, 0.5) is 10.5 Å². The summed E-state index contributed by atoms with van der Waals surface area (Å²) in [5.41, 5.74) is 0.582. The van der Waals surface area contributed by atoms with Gasteiger partial charge in [-0.05, 0) is 92.3 Å². The number of carboxylic acid groups (broad SMARTS) is 1. The van der Waals surface area contributed by atoms with Crippen LogP contribution < -0.4 is 20.9 Å². The Hall–Kier alpha value is -4.18. The maximum atomic E-state index is 12.8. The first-order valence-corrected chi connectivity index (χ1v) is 19.9. The van der Waals surface area contributed by atoms with Gasteiger partial charge in [-0.2, -0.15) is 0 Å². The number of H-pyrrole nitrogens is 1. The number of anilines is 1. The van der Waals surface area contributed by atoms with E-state index in [0.717, 1.165) is 56.9 Å². The number of nitrogens with one attached hydrogen (secondary N) is 3. The number of carboxylic acids is 1. The number of aliphatic carboxylic acids is 1.